The van der Waals surface area contributed by atoms with E-state index in [1.807, 2.05) is 36.9 Å². The van der Waals surface area contributed by atoms with Crippen LogP contribution in [0.1, 0.15) is 35.7 Å². The molecule has 2 rings (SSSR count). The zero-order valence-corrected chi connectivity index (χ0v) is 12.0. The lowest BCUT2D eigenvalue weighted by Crippen LogP contribution is -2.33. The lowest BCUT2D eigenvalue weighted by molar-refractivity contribution is 0.0756. The molecule has 1 aromatic carbocycles. The maximum Gasteiger partial charge on any atom is 0.254 e. The van der Waals surface area contributed by atoms with Crippen LogP contribution < -0.4 is 0 Å². The third kappa shape index (κ3) is 3.09. The van der Waals surface area contributed by atoms with Gasteiger partial charge in [-0.2, -0.15) is 0 Å². The summed E-state index contributed by atoms with van der Waals surface area (Å²) in [7, 11) is 0. The van der Waals surface area contributed by atoms with E-state index in [2.05, 4.69) is 15.9 Å². The number of carbonyl (C=O) groups is 1. The molecule has 1 aliphatic carbocycles. The predicted molar refractivity (Wildman–Crippen MR) is 73.2 cm³/mol. The molecule has 17 heavy (non-hydrogen) atoms. The van der Waals surface area contributed by atoms with Gasteiger partial charge in [-0.05, 0) is 50.3 Å². The summed E-state index contributed by atoms with van der Waals surface area (Å²) in [6.07, 6.45) is 2.56. The molecule has 0 N–H and O–H groups in total. The quantitative estimate of drug-likeness (QED) is 0.831. The third-order valence-electron chi connectivity index (χ3n) is 3.27. The van der Waals surface area contributed by atoms with Gasteiger partial charge in [-0.1, -0.05) is 22.0 Å². The molecule has 0 saturated heterocycles. The van der Waals surface area contributed by atoms with E-state index in [4.69, 9.17) is 0 Å². The SMILES string of the molecule is CCN(CC1CC1)C(=O)c1cc(Br)ccc1C. The largest absolute Gasteiger partial charge is 0.339 e. The van der Waals surface area contributed by atoms with Crippen molar-refractivity contribution in [2.75, 3.05) is 13.1 Å². The average molecular weight is 296 g/mol. The van der Waals surface area contributed by atoms with E-state index in [0.29, 0.717) is 0 Å². The molecular formula is C14H18BrNO. The molecule has 0 bridgehead atoms. The van der Waals surface area contributed by atoms with Gasteiger partial charge in [0.05, 0.1) is 0 Å². The molecule has 0 aliphatic heterocycles. The molecule has 0 unspecified atom stereocenters. The summed E-state index contributed by atoms with van der Waals surface area (Å²) in [5.41, 5.74) is 1.87. The normalized spacial score (nSPS) is 14.8. The first-order chi connectivity index (χ1) is 8.11. The highest BCUT2D eigenvalue weighted by Crippen LogP contribution is 2.30. The number of hydrogen-bond acceptors (Lipinski definition) is 1. The maximum absolute atomic E-state index is 12.4. The monoisotopic (exact) mass is 295 g/mol. The van der Waals surface area contributed by atoms with Crippen molar-refractivity contribution in [3.8, 4) is 0 Å². The molecule has 0 radical (unpaired) electrons. The van der Waals surface area contributed by atoms with E-state index in [0.717, 1.165) is 34.6 Å². The van der Waals surface area contributed by atoms with Gasteiger partial charge in [0.25, 0.3) is 5.91 Å². The van der Waals surface area contributed by atoms with E-state index in [-0.39, 0.29) is 5.91 Å². The van der Waals surface area contributed by atoms with E-state index >= 15 is 0 Å². The van der Waals surface area contributed by atoms with Crippen LogP contribution in [0.15, 0.2) is 22.7 Å². The number of halogens is 1. The van der Waals surface area contributed by atoms with Crippen LogP contribution in [0.5, 0.6) is 0 Å². The molecule has 0 heterocycles. The molecule has 1 aliphatic rings. The lowest BCUT2D eigenvalue weighted by Gasteiger charge is -2.21. The van der Waals surface area contributed by atoms with Crippen molar-refractivity contribution in [3.63, 3.8) is 0 Å². The Labute approximate surface area is 111 Å². The minimum atomic E-state index is 0.165. The van der Waals surface area contributed by atoms with Crippen LogP contribution in [0.3, 0.4) is 0 Å². The van der Waals surface area contributed by atoms with Crippen molar-refractivity contribution in [2.24, 2.45) is 5.92 Å². The fourth-order valence-electron chi connectivity index (χ4n) is 1.96. The maximum atomic E-state index is 12.4. The Morgan fingerprint density at radius 3 is 2.76 bits per heavy atom. The minimum absolute atomic E-state index is 0.165. The smallest absolute Gasteiger partial charge is 0.254 e. The highest BCUT2D eigenvalue weighted by atomic mass is 79.9. The second kappa shape index (κ2) is 5.21. The number of benzene rings is 1. The van der Waals surface area contributed by atoms with Gasteiger partial charge in [-0.25, -0.2) is 0 Å². The molecule has 3 heteroatoms. The Morgan fingerprint density at radius 1 is 1.47 bits per heavy atom. The summed E-state index contributed by atoms with van der Waals surface area (Å²) < 4.78 is 0.967. The summed E-state index contributed by atoms with van der Waals surface area (Å²) in [5, 5.41) is 0. The Hall–Kier alpha value is -0.830. The number of nitrogens with zero attached hydrogens (tertiary/aromatic N) is 1. The summed E-state index contributed by atoms with van der Waals surface area (Å²) in [4.78, 5) is 14.4. The fraction of sp³-hybridized carbons (Fsp3) is 0.500. The molecule has 1 amide bonds. The standard InChI is InChI=1S/C14H18BrNO/c1-3-16(9-11-5-6-11)14(17)13-8-12(15)7-4-10(13)2/h4,7-8,11H,3,5-6,9H2,1-2H3. The second-order valence-corrected chi connectivity index (χ2v) is 5.66. The number of amides is 1. The Kier molecular flexibility index (Phi) is 3.87. The molecule has 0 aromatic heterocycles. The molecule has 92 valence electrons. The van der Waals surface area contributed by atoms with Crippen LogP contribution in [-0.4, -0.2) is 23.9 Å². The fourth-order valence-corrected chi connectivity index (χ4v) is 2.32. The Morgan fingerprint density at radius 2 is 2.18 bits per heavy atom. The average Bonchev–Trinajstić information content (AvgIpc) is 3.12. The van der Waals surface area contributed by atoms with Gasteiger partial charge in [0.2, 0.25) is 0 Å². The van der Waals surface area contributed by atoms with Gasteiger partial charge in [-0.3, -0.25) is 4.79 Å². The topological polar surface area (TPSA) is 20.3 Å². The van der Waals surface area contributed by atoms with Crippen molar-refractivity contribution in [1.29, 1.82) is 0 Å². The van der Waals surface area contributed by atoms with Gasteiger partial charge in [0, 0.05) is 23.1 Å². The van der Waals surface area contributed by atoms with E-state index in [9.17, 15) is 4.79 Å². The van der Waals surface area contributed by atoms with Gasteiger partial charge < -0.3 is 4.90 Å². The molecule has 1 saturated carbocycles. The zero-order valence-electron chi connectivity index (χ0n) is 10.4. The molecule has 1 fully saturated rings. The van der Waals surface area contributed by atoms with E-state index < -0.39 is 0 Å². The van der Waals surface area contributed by atoms with Gasteiger partial charge >= 0.3 is 0 Å². The van der Waals surface area contributed by atoms with Gasteiger partial charge in [-0.15, -0.1) is 0 Å². The van der Waals surface area contributed by atoms with Crippen molar-refractivity contribution < 1.29 is 4.79 Å². The number of carbonyl (C=O) groups excluding carboxylic acids is 1. The van der Waals surface area contributed by atoms with Crippen LogP contribution in [0.4, 0.5) is 0 Å². The summed E-state index contributed by atoms with van der Waals surface area (Å²) in [6.45, 7) is 5.75. The Bertz CT molecular complexity index is 426. The summed E-state index contributed by atoms with van der Waals surface area (Å²) in [5.74, 6) is 0.907. The number of hydrogen-bond donors (Lipinski definition) is 0. The zero-order chi connectivity index (χ0) is 12.4. The van der Waals surface area contributed by atoms with E-state index in [1.165, 1.54) is 12.8 Å². The molecule has 0 atom stereocenters. The first-order valence-corrected chi connectivity index (χ1v) is 6.96. The number of aryl methyl sites for hydroxylation is 1. The summed E-state index contributed by atoms with van der Waals surface area (Å²) in [6, 6.07) is 5.89. The van der Waals surface area contributed by atoms with E-state index in [1.54, 1.807) is 0 Å². The molecular weight excluding hydrogens is 278 g/mol. The van der Waals surface area contributed by atoms with Crippen molar-refractivity contribution in [3.05, 3.63) is 33.8 Å². The van der Waals surface area contributed by atoms with Crippen LogP contribution in [0, 0.1) is 12.8 Å². The van der Waals surface area contributed by atoms with Crippen LogP contribution in [0.25, 0.3) is 0 Å². The lowest BCUT2D eigenvalue weighted by atomic mass is 10.1. The molecule has 0 spiro atoms. The Balaban J connectivity index is 2.18. The van der Waals surface area contributed by atoms with Crippen LogP contribution in [-0.2, 0) is 0 Å². The van der Waals surface area contributed by atoms with Crippen LogP contribution >= 0.6 is 15.9 Å². The first kappa shape index (κ1) is 12.6. The van der Waals surface area contributed by atoms with Gasteiger partial charge in [0.15, 0.2) is 0 Å². The first-order valence-electron chi connectivity index (χ1n) is 6.17. The highest BCUT2D eigenvalue weighted by Gasteiger charge is 2.26. The molecule has 2 nitrogen and oxygen atoms in total. The molecule has 1 aromatic rings. The van der Waals surface area contributed by atoms with Gasteiger partial charge in [0.1, 0.15) is 0 Å². The third-order valence-corrected chi connectivity index (χ3v) is 3.77. The van der Waals surface area contributed by atoms with Crippen LogP contribution in [0.2, 0.25) is 0 Å². The van der Waals surface area contributed by atoms with Crippen molar-refractivity contribution in [1.82, 2.24) is 4.90 Å². The summed E-state index contributed by atoms with van der Waals surface area (Å²) >= 11 is 3.43. The minimum Gasteiger partial charge on any atom is -0.339 e. The highest BCUT2D eigenvalue weighted by molar-refractivity contribution is 9.10. The predicted octanol–water partition coefficient (Wildman–Crippen LogP) is 3.63. The second-order valence-electron chi connectivity index (χ2n) is 4.75. The van der Waals surface area contributed by atoms with Crippen molar-refractivity contribution >= 4 is 21.8 Å². The van der Waals surface area contributed by atoms with Crippen molar-refractivity contribution in [2.45, 2.75) is 26.7 Å². The number of rotatable bonds is 4.